The number of carbonyl (C=O) groups is 1. The van der Waals surface area contributed by atoms with E-state index >= 15 is 0 Å². The molecule has 0 bridgehead atoms. The molecular weight excluding hydrogens is 385 g/mol. The maximum Gasteiger partial charge on any atom is 0.404 e. The van der Waals surface area contributed by atoms with Gasteiger partial charge in [0.1, 0.15) is 13.2 Å². The number of rotatable bonds is 4. The Balaban J connectivity index is 1.52. The van der Waals surface area contributed by atoms with Gasteiger partial charge in [-0.05, 0) is 30.7 Å². The number of halogens is 3. The zero-order chi connectivity index (χ0) is 20.5. The normalized spacial score (nSPS) is 21.8. The summed E-state index contributed by atoms with van der Waals surface area (Å²) in [5.74, 6) is -0.126. The maximum absolute atomic E-state index is 14.0. The lowest BCUT2D eigenvalue weighted by molar-refractivity contribution is -0.215. The Hall–Kier alpha value is -2.74. The fourth-order valence-electron chi connectivity index (χ4n) is 3.78. The zero-order valence-electron chi connectivity index (χ0n) is 15.7. The largest absolute Gasteiger partial charge is 0.486 e. The topological polar surface area (TPSA) is 50.8 Å². The van der Waals surface area contributed by atoms with Gasteiger partial charge >= 0.3 is 6.18 Å². The Morgan fingerprint density at radius 1 is 1.07 bits per heavy atom. The minimum atomic E-state index is -4.66. The molecule has 154 valence electrons. The molecule has 29 heavy (non-hydrogen) atoms. The van der Waals surface area contributed by atoms with Gasteiger partial charge in [-0.15, -0.1) is 0 Å². The van der Waals surface area contributed by atoms with Gasteiger partial charge in [-0.1, -0.05) is 30.3 Å². The first-order chi connectivity index (χ1) is 13.9. The third kappa shape index (κ3) is 3.89. The summed E-state index contributed by atoms with van der Waals surface area (Å²) in [6.07, 6.45) is -4.93. The van der Waals surface area contributed by atoms with Crippen molar-refractivity contribution >= 4 is 11.6 Å². The van der Waals surface area contributed by atoms with Gasteiger partial charge in [0.15, 0.2) is 16.9 Å². The van der Waals surface area contributed by atoms with Crippen LogP contribution in [0.5, 0.6) is 11.5 Å². The van der Waals surface area contributed by atoms with Crippen LogP contribution in [0.25, 0.3) is 0 Å². The fraction of sp³-hybridized carbons (Fsp3) is 0.381. The van der Waals surface area contributed by atoms with E-state index in [2.05, 4.69) is 5.32 Å². The predicted molar refractivity (Wildman–Crippen MR) is 101 cm³/mol. The van der Waals surface area contributed by atoms with E-state index in [1.165, 1.54) is 12.1 Å². The second-order valence-corrected chi connectivity index (χ2v) is 7.34. The highest BCUT2D eigenvalue weighted by Crippen LogP contribution is 2.47. The number of alkyl halides is 3. The Morgan fingerprint density at radius 3 is 2.52 bits per heavy atom. The van der Waals surface area contributed by atoms with Gasteiger partial charge in [0.05, 0.1) is 0 Å². The molecule has 0 spiro atoms. The van der Waals surface area contributed by atoms with Gasteiger partial charge in [0, 0.05) is 24.8 Å². The van der Waals surface area contributed by atoms with Gasteiger partial charge in [-0.3, -0.25) is 9.69 Å². The molecule has 2 aromatic rings. The van der Waals surface area contributed by atoms with Crippen LogP contribution in [-0.2, 0) is 11.3 Å². The molecular formula is C21H21F3N2O3. The van der Waals surface area contributed by atoms with Crippen molar-refractivity contribution in [3.8, 4) is 11.5 Å². The van der Waals surface area contributed by atoms with Crippen LogP contribution in [-0.4, -0.2) is 43.3 Å². The highest BCUT2D eigenvalue weighted by atomic mass is 19.4. The van der Waals surface area contributed by atoms with Crippen LogP contribution in [0.3, 0.4) is 0 Å². The minimum Gasteiger partial charge on any atom is -0.486 e. The van der Waals surface area contributed by atoms with E-state index in [1.54, 1.807) is 11.0 Å². The summed E-state index contributed by atoms with van der Waals surface area (Å²) in [6, 6.07) is 13.9. The molecule has 0 unspecified atom stereocenters. The monoisotopic (exact) mass is 406 g/mol. The second kappa shape index (κ2) is 7.59. The highest BCUT2D eigenvalue weighted by Gasteiger charge is 2.63. The molecule has 1 fully saturated rings. The van der Waals surface area contributed by atoms with E-state index in [0.29, 0.717) is 31.3 Å². The average molecular weight is 406 g/mol. The first kappa shape index (κ1) is 19.6. The van der Waals surface area contributed by atoms with Gasteiger partial charge < -0.3 is 14.8 Å². The summed E-state index contributed by atoms with van der Waals surface area (Å²) in [4.78, 5) is 14.5. The third-order valence-corrected chi connectivity index (χ3v) is 5.37. The van der Waals surface area contributed by atoms with Crippen LogP contribution in [0.15, 0.2) is 48.5 Å². The van der Waals surface area contributed by atoms with Crippen molar-refractivity contribution in [1.82, 2.24) is 4.90 Å². The number of amides is 1. The fourth-order valence-corrected chi connectivity index (χ4v) is 3.78. The number of ether oxygens (including phenoxy) is 2. The molecule has 0 aliphatic carbocycles. The van der Waals surface area contributed by atoms with E-state index in [-0.39, 0.29) is 25.2 Å². The number of hydrogen-bond acceptors (Lipinski definition) is 4. The summed E-state index contributed by atoms with van der Waals surface area (Å²) in [7, 11) is 0. The molecule has 2 heterocycles. The number of hydrogen-bond donors (Lipinski definition) is 1. The number of fused-ring (bicyclic) bond motifs is 1. The molecule has 1 amide bonds. The van der Waals surface area contributed by atoms with E-state index in [1.807, 2.05) is 30.3 Å². The second-order valence-electron chi connectivity index (χ2n) is 7.34. The van der Waals surface area contributed by atoms with Crippen molar-refractivity contribution in [2.45, 2.75) is 19.1 Å². The predicted octanol–water partition coefficient (Wildman–Crippen LogP) is 3.85. The molecule has 1 atom stereocenters. The van der Waals surface area contributed by atoms with Gasteiger partial charge in [-0.25, -0.2) is 0 Å². The van der Waals surface area contributed by atoms with Crippen LogP contribution in [0.2, 0.25) is 0 Å². The standard InChI is InChI=1S/C21H21F3N2O3/c22-21(23,24)20(8-9-26(14-20)13-15-4-2-1-3-5-15)19(27)25-16-6-7-17-18(12-16)29-11-10-28-17/h1-7,12H,8-11,13-14H2,(H,25,27)/t20-/m1/s1. The molecule has 4 rings (SSSR count). The summed E-state index contributed by atoms with van der Waals surface area (Å²) < 4.78 is 52.9. The lowest BCUT2D eigenvalue weighted by atomic mass is 9.85. The quantitative estimate of drug-likeness (QED) is 0.838. The number of anilines is 1. The number of benzene rings is 2. The first-order valence-electron chi connectivity index (χ1n) is 9.41. The van der Waals surface area contributed by atoms with E-state index < -0.39 is 17.5 Å². The lowest BCUT2D eigenvalue weighted by Gasteiger charge is -2.30. The molecule has 2 aliphatic heterocycles. The Morgan fingerprint density at radius 2 is 1.79 bits per heavy atom. The van der Waals surface area contributed by atoms with Crippen LogP contribution < -0.4 is 14.8 Å². The molecule has 5 nitrogen and oxygen atoms in total. The molecule has 0 radical (unpaired) electrons. The van der Waals surface area contributed by atoms with Gasteiger partial charge in [0.25, 0.3) is 0 Å². The SMILES string of the molecule is O=C(Nc1ccc2c(c1)OCCO2)[C@@]1(C(F)(F)F)CCN(Cc2ccccc2)C1. The summed E-state index contributed by atoms with van der Waals surface area (Å²) in [6.45, 7) is 0.958. The molecule has 1 N–H and O–H groups in total. The Bertz CT molecular complexity index is 888. The number of nitrogens with zero attached hydrogens (tertiary/aromatic N) is 1. The molecule has 1 saturated heterocycles. The summed E-state index contributed by atoms with van der Waals surface area (Å²) in [5.41, 5.74) is -1.28. The van der Waals surface area contributed by atoms with E-state index in [9.17, 15) is 18.0 Å². The van der Waals surface area contributed by atoms with Crippen molar-refractivity contribution in [2.24, 2.45) is 5.41 Å². The summed E-state index contributed by atoms with van der Waals surface area (Å²) in [5, 5.41) is 2.44. The molecule has 0 saturated carbocycles. The van der Waals surface area contributed by atoms with Crippen molar-refractivity contribution in [1.29, 1.82) is 0 Å². The molecule has 2 aromatic carbocycles. The molecule has 8 heteroatoms. The van der Waals surface area contributed by atoms with Gasteiger partial charge in [-0.2, -0.15) is 13.2 Å². The van der Waals surface area contributed by atoms with Crippen LogP contribution in [0.1, 0.15) is 12.0 Å². The van der Waals surface area contributed by atoms with E-state index in [0.717, 1.165) is 5.56 Å². The first-order valence-corrected chi connectivity index (χ1v) is 9.41. The number of nitrogens with one attached hydrogen (secondary N) is 1. The Labute approximate surface area is 166 Å². The average Bonchev–Trinajstić information content (AvgIpc) is 3.14. The number of carbonyl (C=O) groups excluding carboxylic acids is 1. The van der Waals surface area contributed by atoms with Crippen molar-refractivity contribution in [3.63, 3.8) is 0 Å². The van der Waals surface area contributed by atoms with Crippen molar-refractivity contribution in [3.05, 3.63) is 54.1 Å². The molecule has 0 aromatic heterocycles. The smallest absolute Gasteiger partial charge is 0.404 e. The van der Waals surface area contributed by atoms with Crippen LogP contribution in [0, 0.1) is 5.41 Å². The highest BCUT2D eigenvalue weighted by molar-refractivity contribution is 5.96. The van der Waals surface area contributed by atoms with Crippen molar-refractivity contribution in [2.75, 3.05) is 31.6 Å². The lowest BCUT2D eigenvalue weighted by Crippen LogP contribution is -2.49. The summed E-state index contributed by atoms with van der Waals surface area (Å²) >= 11 is 0. The zero-order valence-corrected chi connectivity index (χ0v) is 15.7. The molecule has 2 aliphatic rings. The minimum absolute atomic E-state index is 0.197. The third-order valence-electron chi connectivity index (χ3n) is 5.37. The Kier molecular flexibility index (Phi) is 5.12. The van der Waals surface area contributed by atoms with Crippen LogP contribution in [0.4, 0.5) is 18.9 Å². The van der Waals surface area contributed by atoms with Crippen LogP contribution >= 0.6 is 0 Å². The van der Waals surface area contributed by atoms with E-state index in [4.69, 9.17) is 9.47 Å². The maximum atomic E-state index is 14.0. The number of likely N-dealkylation sites (tertiary alicyclic amines) is 1. The van der Waals surface area contributed by atoms with Crippen molar-refractivity contribution < 1.29 is 27.4 Å². The van der Waals surface area contributed by atoms with Gasteiger partial charge in [0.2, 0.25) is 5.91 Å².